The van der Waals surface area contributed by atoms with Crippen LogP contribution >= 0.6 is 0 Å². The molecule has 3 saturated heterocycles. The van der Waals surface area contributed by atoms with E-state index in [2.05, 4.69) is 79.9 Å². The maximum absolute atomic E-state index is 13.4. The summed E-state index contributed by atoms with van der Waals surface area (Å²) in [5.74, 6) is -0.302. The van der Waals surface area contributed by atoms with Gasteiger partial charge >= 0.3 is 0 Å². The SMILES string of the molecule is CCCCCCC/C=C\C/C=C\C/C=C\CCCCCCCCC(=O)NC(COC1OC(CO)C(OC2OC(CO)C(OC3OC(CO)C(O)C(O)C3O)C(O)C2O)C(O)C1O)C(O)/C=C/CC/C=C/CC/C=C/CCCCCCCCCCCCCCCCCCCCC. The van der Waals surface area contributed by atoms with Crippen LogP contribution in [0.5, 0.6) is 0 Å². The summed E-state index contributed by atoms with van der Waals surface area (Å²) in [5.41, 5.74) is 0. The Morgan fingerprint density at radius 3 is 1.13 bits per heavy atom. The molecule has 1 amide bonds. The number of hydrogen-bond acceptors (Lipinski definition) is 18. The summed E-state index contributed by atoms with van der Waals surface area (Å²) in [7, 11) is 0. The van der Waals surface area contributed by atoms with Crippen LogP contribution < -0.4 is 5.32 Å². The molecule has 12 N–H and O–H groups in total. The minimum atomic E-state index is -1.99. The Hall–Kier alpha value is -2.77. The third-order valence-electron chi connectivity index (χ3n) is 18.5. The molecule has 3 heterocycles. The van der Waals surface area contributed by atoms with Crippen LogP contribution in [0.3, 0.4) is 0 Å². The Morgan fingerprint density at radius 1 is 0.379 bits per heavy atom. The van der Waals surface area contributed by atoms with Gasteiger partial charge in [0, 0.05) is 6.42 Å². The molecule has 0 aromatic heterocycles. The van der Waals surface area contributed by atoms with Gasteiger partial charge in [-0.15, -0.1) is 0 Å². The van der Waals surface area contributed by atoms with Gasteiger partial charge in [-0.25, -0.2) is 0 Å². The second-order valence-electron chi connectivity index (χ2n) is 26.7. The number of rotatable bonds is 58. The van der Waals surface area contributed by atoms with Crippen molar-refractivity contribution < 1.29 is 89.4 Å². The van der Waals surface area contributed by atoms with Crippen LogP contribution in [-0.2, 0) is 33.2 Å². The smallest absolute Gasteiger partial charge is 0.220 e. The Kier molecular flexibility index (Phi) is 51.8. The zero-order valence-corrected chi connectivity index (χ0v) is 58.6. The van der Waals surface area contributed by atoms with Crippen LogP contribution in [0.15, 0.2) is 72.9 Å². The minimum Gasteiger partial charge on any atom is -0.394 e. The summed E-state index contributed by atoms with van der Waals surface area (Å²) in [4.78, 5) is 13.4. The molecule has 3 fully saturated rings. The molecule has 0 aliphatic carbocycles. The molecule has 0 bridgehead atoms. The quantitative estimate of drug-likeness (QED) is 0.0199. The molecule has 3 rings (SSSR count). The van der Waals surface area contributed by atoms with E-state index in [1.807, 2.05) is 6.08 Å². The average molecular weight is 1350 g/mol. The first kappa shape index (κ1) is 86.5. The molecule has 0 aromatic rings. The van der Waals surface area contributed by atoms with Crippen molar-refractivity contribution in [1.82, 2.24) is 5.32 Å². The van der Waals surface area contributed by atoms with Crippen LogP contribution in [0.2, 0.25) is 0 Å². The molecule has 17 unspecified atom stereocenters. The number of aliphatic hydroxyl groups is 11. The van der Waals surface area contributed by atoms with Crippen LogP contribution in [0.4, 0.5) is 0 Å². The lowest BCUT2D eigenvalue weighted by Gasteiger charge is -2.48. The maximum atomic E-state index is 13.4. The number of hydrogen-bond donors (Lipinski definition) is 12. The number of carbonyl (C=O) groups excluding carboxylic acids is 1. The van der Waals surface area contributed by atoms with E-state index in [-0.39, 0.29) is 18.9 Å². The first-order valence-corrected chi connectivity index (χ1v) is 37.7. The zero-order chi connectivity index (χ0) is 68.9. The summed E-state index contributed by atoms with van der Waals surface area (Å²) in [5, 5.41) is 121. The number of allylic oxidation sites excluding steroid dienone is 11. The summed E-state index contributed by atoms with van der Waals surface area (Å²) < 4.78 is 34.4. The molecular weight excluding hydrogens is 1210 g/mol. The van der Waals surface area contributed by atoms with Gasteiger partial charge in [0.15, 0.2) is 18.9 Å². The van der Waals surface area contributed by atoms with E-state index in [0.717, 1.165) is 77.0 Å². The molecule has 0 saturated carbocycles. The average Bonchev–Trinajstić information content (AvgIpc) is 0.787. The van der Waals surface area contributed by atoms with Gasteiger partial charge in [0.2, 0.25) is 5.91 Å². The van der Waals surface area contributed by atoms with Crippen molar-refractivity contribution in [1.29, 1.82) is 0 Å². The van der Waals surface area contributed by atoms with Crippen LogP contribution in [0.1, 0.15) is 271 Å². The lowest BCUT2D eigenvalue weighted by molar-refractivity contribution is -0.379. The van der Waals surface area contributed by atoms with Crippen LogP contribution in [-0.4, -0.2) is 193 Å². The topological polar surface area (TPSA) is 307 Å². The molecule has 3 aliphatic heterocycles. The third-order valence-corrected chi connectivity index (χ3v) is 18.5. The Balaban J connectivity index is 1.43. The first-order chi connectivity index (χ1) is 46.3. The first-order valence-electron chi connectivity index (χ1n) is 37.7. The monoisotopic (exact) mass is 1350 g/mol. The van der Waals surface area contributed by atoms with E-state index in [1.54, 1.807) is 6.08 Å². The molecule has 95 heavy (non-hydrogen) atoms. The normalized spacial score (nSPS) is 27.6. The standard InChI is InChI=1S/C76H135NO18/c1-3-5-7-9-11-13-15-17-19-21-23-25-26-27-28-29-30-31-32-34-35-37-39-41-43-45-47-49-51-53-60(81)59(77-64(82)54-52-50-48-46-44-42-40-38-36-33-24-22-20-18-16-14-12-10-8-6-4-2)58-90-74-70(88)67(85)72(62(56-79)92-74)95-76-71(89)68(86)73(63(57-80)93-76)94-75-69(87)66(84)65(83)61(55-78)91-75/h16,18,22,24,35-38,43,45,51,53,59-63,65-76,78-81,83-89H,3-15,17,19-21,23,25-34,39-42,44,46-50,52,54-58H2,1-2H3,(H,77,82)/b18-16-,24-22-,37-35+,38-36-,45-43+,53-51+. The molecule has 19 heteroatoms. The second-order valence-corrected chi connectivity index (χ2v) is 26.7. The molecular formula is C76H135NO18. The van der Waals surface area contributed by atoms with Gasteiger partial charge in [-0.3, -0.25) is 4.79 Å². The highest BCUT2D eigenvalue weighted by Crippen LogP contribution is 2.33. The van der Waals surface area contributed by atoms with Crippen molar-refractivity contribution in [3.63, 3.8) is 0 Å². The highest BCUT2D eigenvalue weighted by atomic mass is 16.8. The number of carbonyl (C=O) groups is 1. The van der Waals surface area contributed by atoms with E-state index in [0.29, 0.717) is 12.8 Å². The predicted octanol–water partition coefficient (Wildman–Crippen LogP) is 11.3. The molecule has 552 valence electrons. The highest BCUT2D eigenvalue weighted by Gasteiger charge is 2.53. The molecule has 0 aromatic carbocycles. The van der Waals surface area contributed by atoms with E-state index >= 15 is 0 Å². The lowest BCUT2D eigenvalue weighted by atomic mass is 9.96. The lowest BCUT2D eigenvalue weighted by Crippen LogP contribution is -2.66. The second kappa shape index (κ2) is 56.9. The van der Waals surface area contributed by atoms with E-state index in [4.69, 9.17) is 28.4 Å². The van der Waals surface area contributed by atoms with E-state index < -0.39 is 124 Å². The van der Waals surface area contributed by atoms with Crippen LogP contribution in [0, 0.1) is 0 Å². The van der Waals surface area contributed by atoms with Gasteiger partial charge in [0.05, 0.1) is 38.6 Å². The predicted molar refractivity (Wildman–Crippen MR) is 374 cm³/mol. The van der Waals surface area contributed by atoms with Gasteiger partial charge < -0.3 is 89.9 Å². The van der Waals surface area contributed by atoms with Crippen molar-refractivity contribution in [3.8, 4) is 0 Å². The largest absolute Gasteiger partial charge is 0.394 e. The Bertz CT molecular complexity index is 2000. The van der Waals surface area contributed by atoms with Crippen molar-refractivity contribution in [2.24, 2.45) is 0 Å². The van der Waals surface area contributed by atoms with Crippen molar-refractivity contribution in [2.75, 3.05) is 26.4 Å². The number of nitrogens with one attached hydrogen (secondary N) is 1. The Labute approximate surface area is 572 Å². The van der Waals surface area contributed by atoms with Crippen LogP contribution in [0.25, 0.3) is 0 Å². The van der Waals surface area contributed by atoms with Gasteiger partial charge in [-0.1, -0.05) is 254 Å². The number of unbranched alkanes of at least 4 members (excludes halogenated alkanes) is 32. The molecule has 17 atom stereocenters. The van der Waals surface area contributed by atoms with Gasteiger partial charge in [-0.2, -0.15) is 0 Å². The van der Waals surface area contributed by atoms with Crippen molar-refractivity contribution in [2.45, 2.75) is 375 Å². The molecule has 19 nitrogen and oxygen atoms in total. The van der Waals surface area contributed by atoms with Crippen molar-refractivity contribution in [3.05, 3.63) is 72.9 Å². The minimum absolute atomic E-state index is 0.214. The zero-order valence-electron chi connectivity index (χ0n) is 58.6. The highest BCUT2D eigenvalue weighted by molar-refractivity contribution is 5.76. The van der Waals surface area contributed by atoms with Gasteiger partial charge in [0.25, 0.3) is 0 Å². The fourth-order valence-electron chi connectivity index (χ4n) is 12.3. The van der Waals surface area contributed by atoms with Crippen molar-refractivity contribution >= 4 is 5.91 Å². The summed E-state index contributed by atoms with van der Waals surface area (Å²) >= 11 is 0. The number of aliphatic hydroxyl groups excluding tert-OH is 11. The Morgan fingerprint density at radius 2 is 0.705 bits per heavy atom. The maximum Gasteiger partial charge on any atom is 0.220 e. The summed E-state index contributed by atoms with van der Waals surface area (Å²) in [6, 6.07) is -1.01. The fourth-order valence-corrected chi connectivity index (χ4v) is 12.3. The molecule has 3 aliphatic rings. The molecule has 0 radical (unpaired) electrons. The molecule has 0 spiro atoms. The number of amides is 1. The van der Waals surface area contributed by atoms with E-state index in [9.17, 15) is 61.0 Å². The van der Waals surface area contributed by atoms with E-state index in [1.165, 1.54) is 161 Å². The number of ether oxygens (including phenoxy) is 6. The summed E-state index contributed by atoms with van der Waals surface area (Å²) in [6.45, 7) is 1.70. The van der Waals surface area contributed by atoms with Gasteiger partial charge in [-0.05, 0) is 83.5 Å². The van der Waals surface area contributed by atoms with Gasteiger partial charge in [0.1, 0.15) is 73.2 Å². The third kappa shape index (κ3) is 38.0. The fraction of sp³-hybridized carbons (Fsp3) is 0.829. The summed E-state index contributed by atoms with van der Waals surface area (Å²) in [6.07, 6.45) is 46.0.